The second-order valence-corrected chi connectivity index (χ2v) is 4.68. The molecule has 1 heterocycles. The van der Waals surface area contributed by atoms with Gasteiger partial charge in [-0.1, -0.05) is 18.2 Å². The van der Waals surface area contributed by atoms with E-state index in [2.05, 4.69) is 15.6 Å². The Hall–Kier alpha value is -2.80. The van der Waals surface area contributed by atoms with Crippen molar-refractivity contribution >= 4 is 11.7 Å². The standard InChI is InChI=1S/C16H19N3O4/c1-22-14-6-4-3-5-12(14)13(20)10-18-16(21)19-11-7-8-15(23-2)17-9-11/h3-9,13,20H,10H2,1-2H3,(H2,18,19,21)/t13-/m0/s1. The molecule has 0 aliphatic heterocycles. The summed E-state index contributed by atoms with van der Waals surface area (Å²) in [6, 6.07) is 9.97. The van der Waals surface area contributed by atoms with Crippen LogP contribution in [0.4, 0.5) is 10.5 Å². The van der Waals surface area contributed by atoms with E-state index in [1.807, 2.05) is 6.07 Å². The monoisotopic (exact) mass is 317 g/mol. The maximum absolute atomic E-state index is 11.8. The number of urea groups is 1. The molecule has 0 aliphatic carbocycles. The highest BCUT2D eigenvalue weighted by Gasteiger charge is 2.13. The quantitative estimate of drug-likeness (QED) is 0.757. The number of rotatable bonds is 6. The van der Waals surface area contributed by atoms with Crippen molar-refractivity contribution in [2.75, 3.05) is 26.1 Å². The van der Waals surface area contributed by atoms with Gasteiger partial charge in [0.15, 0.2) is 0 Å². The summed E-state index contributed by atoms with van der Waals surface area (Å²) in [5.74, 6) is 1.03. The molecule has 2 rings (SSSR count). The summed E-state index contributed by atoms with van der Waals surface area (Å²) in [6.45, 7) is 0.0514. The molecular formula is C16H19N3O4. The Labute approximate surface area is 134 Å². The number of aliphatic hydroxyl groups is 1. The van der Waals surface area contributed by atoms with Gasteiger partial charge in [-0.15, -0.1) is 0 Å². The molecular weight excluding hydrogens is 298 g/mol. The van der Waals surface area contributed by atoms with Gasteiger partial charge in [0, 0.05) is 18.2 Å². The van der Waals surface area contributed by atoms with E-state index in [0.29, 0.717) is 22.9 Å². The second-order valence-electron chi connectivity index (χ2n) is 4.68. The smallest absolute Gasteiger partial charge is 0.319 e. The zero-order chi connectivity index (χ0) is 16.7. The average Bonchev–Trinajstić information content (AvgIpc) is 2.60. The van der Waals surface area contributed by atoms with E-state index in [9.17, 15) is 9.90 Å². The minimum absolute atomic E-state index is 0.0514. The Morgan fingerprint density at radius 1 is 1.22 bits per heavy atom. The lowest BCUT2D eigenvalue weighted by Crippen LogP contribution is -2.32. The maximum atomic E-state index is 11.8. The highest BCUT2D eigenvalue weighted by atomic mass is 16.5. The van der Waals surface area contributed by atoms with Gasteiger partial charge in [0.2, 0.25) is 5.88 Å². The van der Waals surface area contributed by atoms with Crippen molar-refractivity contribution in [2.45, 2.75) is 6.10 Å². The molecule has 0 radical (unpaired) electrons. The summed E-state index contributed by atoms with van der Waals surface area (Å²) < 4.78 is 10.1. The largest absolute Gasteiger partial charge is 0.496 e. The summed E-state index contributed by atoms with van der Waals surface area (Å²) in [7, 11) is 3.05. The van der Waals surface area contributed by atoms with Gasteiger partial charge in [0.05, 0.1) is 32.2 Å². The first-order valence-corrected chi connectivity index (χ1v) is 7.00. The summed E-state index contributed by atoms with van der Waals surface area (Å²) in [5.41, 5.74) is 1.14. The average molecular weight is 317 g/mol. The fourth-order valence-electron chi connectivity index (χ4n) is 1.99. The van der Waals surface area contributed by atoms with Crippen LogP contribution in [-0.4, -0.2) is 36.9 Å². The molecule has 0 spiro atoms. The lowest BCUT2D eigenvalue weighted by Gasteiger charge is -2.15. The Morgan fingerprint density at radius 3 is 2.65 bits per heavy atom. The number of ether oxygens (including phenoxy) is 2. The van der Waals surface area contributed by atoms with Crippen LogP contribution in [0.3, 0.4) is 0 Å². The maximum Gasteiger partial charge on any atom is 0.319 e. The predicted octanol–water partition coefficient (Wildman–Crippen LogP) is 1.95. The molecule has 0 aliphatic rings. The number of carbonyl (C=O) groups is 1. The van der Waals surface area contributed by atoms with E-state index in [0.717, 1.165) is 0 Å². The van der Waals surface area contributed by atoms with Crippen LogP contribution in [0.5, 0.6) is 11.6 Å². The van der Waals surface area contributed by atoms with Crippen LogP contribution < -0.4 is 20.1 Å². The van der Waals surface area contributed by atoms with Crippen molar-refractivity contribution in [2.24, 2.45) is 0 Å². The van der Waals surface area contributed by atoms with E-state index < -0.39 is 12.1 Å². The van der Waals surface area contributed by atoms with Crippen LogP contribution in [-0.2, 0) is 0 Å². The molecule has 0 unspecified atom stereocenters. The van der Waals surface area contributed by atoms with Crippen molar-refractivity contribution in [3.05, 3.63) is 48.2 Å². The third-order valence-corrected chi connectivity index (χ3v) is 3.16. The fraction of sp³-hybridized carbons (Fsp3) is 0.250. The van der Waals surface area contributed by atoms with Gasteiger partial charge < -0.3 is 25.2 Å². The minimum Gasteiger partial charge on any atom is -0.496 e. The highest BCUT2D eigenvalue weighted by Crippen LogP contribution is 2.24. The Morgan fingerprint density at radius 2 is 2.00 bits per heavy atom. The SMILES string of the molecule is COc1ccc(NC(=O)NC[C@H](O)c2ccccc2OC)cn1. The Bertz CT molecular complexity index is 646. The van der Waals surface area contributed by atoms with E-state index in [-0.39, 0.29) is 6.54 Å². The number of para-hydroxylation sites is 1. The Kier molecular flexibility index (Phi) is 5.76. The third kappa shape index (κ3) is 4.58. The number of benzene rings is 1. The van der Waals surface area contributed by atoms with Crippen molar-refractivity contribution in [3.63, 3.8) is 0 Å². The first-order valence-electron chi connectivity index (χ1n) is 7.00. The van der Waals surface area contributed by atoms with E-state index in [1.165, 1.54) is 20.4 Å². The zero-order valence-corrected chi connectivity index (χ0v) is 12.9. The molecule has 0 saturated heterocycles. The van der Waals surface area contributed by atoms with E-state index in [1.54, 1.807) is 30.3 Å². The summed E-state index contributed by atoms with van der Waals surface area (Å²) in [4.78, 5) is 15.8. The van der Waals surface area contributed by atoms with Crippen LogP contribution in [0, 0.1) is 0 Å². The first kappa shape index (κ1) is 16.6. The molecule has 2 aromatic rings. The first-order chi connectivity index (χ1) is 11.1. The molecule has 1 aromatic heterocycles. The predicted molar refractivity (Wildman–Crippen MR) is 85.8 cm³/mol. The van der Waals surface area contributed by atoms with Gasteiger partial charge >= 0.3 is 6.03 Å². The Balaban J connectivity index is 1.88. The van der Waals surface area contributed by atoms with Crippen LogP contribution in [0.25, 0.3) is 0 Å². The number of amides is 2. The van der Waals surface area contributed by atoms with Crippen molar-refractivity contribution in [3.8, 4) is 11.6 Å². The molecule has 0 bridgehead atoms. The summed E-state index contributed by atoms with van der Waals surface area (Å²) in [5, 5.41) is 15.4. The number of nitrogens with zero attached hydrogens (tertiary/aromatic N) is 1. The zero-order valence-electron chi connectivity index (χ0n) is 12.9. The molecule has 3 N–H and O–H groups in total. The van der Waals surface area contributed by atoms with Crippen molar-refractivity contribution < 1.29 is 19.4 Å². The molecule has 122 valence electrons. The number of hydrogen-bond acceptors (Lipinski definition) is 5. The van der Waals surface area contributed by atoms with Gasteiger partial charge in [-0.3, -0.25) is 0 Å². The van der Waals surface area contributed by atoms with E-state index >= 15 is 0 Å². The molecule has 1 atom stereocenters. The molecule has 23 heavy (non-hydrogen) atoms. The molecule has 7 heteroatoms. The molecule has 0 fully saturated rings. The number of aromatic nitrogens is 1. The van der Waals surface area contributed by atoms with E-state index in [4.69, 9.17) is 9.47 Å². The molecule has 1 aromatic carbocycles. The third-order valence-electron chi connectivity index (χ3n) is 3.16. The lowest BCUT2D eigenvalue weighted by atomic mass is 10.1. The molecule has 2 amide bonds. The van der Waals surface area contributed by atoms with Crippen molar-refractivity contribution in [1.82, 2.24) is 10.3 Å². The number of methoxy groups -OCH3 is 2. The van der Waals surface area contributed by atoms with Crippen LogP contribution in [0.15, 0.2) is 42.6 Å². The number of carbonyl (C=O) groups excluding carboxylic acids is 1. The number of hydrogen-bond donors (Lipinski definition) is 3. The van der Waals surface area contributed by atoms with Gasteiger partial charge in [-0.05, 0) is 12.1 Å². The van der Waals surface area contributed by atoms with Gasteiger partial charge in [0.1, 0.15) is 5.75 Å². The number of nitrogens with one attached hydrogen (secondary N) is 2. The summed E-state index contributed by atoms with van der Waals surface area (Å²) in [6.07, 6.45) is 0.612. The van der Waals surface area contributed by atoms with Crippen LogP contribution in [0.2, 0.25) is 0 Å². The van der Waals surface area contributed by atoms with Gasteiger partial charge in [-0.25, -0.2) is 9.78 Å². The summed E-state index contributed by atoms with van der Waals surface area (Å²) >= 11 is 0. The highest BCUT2D eigenvalue weighted by molar-refractivity contribution is 5.89. The van der Waals surface area contributed by atoms with Gasteiger partial charge in [0.25, 0.3) is 0 Å². The number of aliphatic hydroxyl groups excluding tert-OH is 1. The fourth-order valence-corrected chi connectivity index (χ4v) is 1.99. The topological polar surface area (TPSA) is 92.7 Å². The lowest BCUT2D eigenvalue weighted by molar-refractivity contribution is 0.171. The molecule has 0 saturated carbocycles. The number of pyridine rings is 1. The van der Waals surface area contributed by atoms with Gasteiger partial charge in [-0.2, -0.15) is 0 Å². The van der Waals surface area contributed by atoms with Crippen LogP contribution in [0.1, 0.15) is 11.7 Å². The normalized spacial score (nSPS) is 11.4. The number of anilines is 1. The minimum atomic E-state index is -0.870. The van der Waals surface area contributed by atoms with Crippen molar-refractivity contribution in [1.29, 1.82) is 0 Å². The molecule has 7 nitrogen and oxygen atoms in total. The van der Waals surface area contributed by atoms with Crippen LogP contribution >= 0.6 is 0 Å². The second kappa shape index (κ2) is 8.00.